The van der Waals surface area contributed by atoms with E-state index in [0.29, 0.717) is 11.8 Å². The van der Waals surface area contributed by atoms with Gasteiger partial charge in [-0.3, -0.25) is 4.98 Å². The Morgan fingerprint density at radius 2 is 1.87 bits per heavy atom. The first-order valence-electron chi connectivity index (χ1n) is 5.30. The van der Waals surface area contributed by atoms with Crippen LogP contribution in [0.5, 0.6) is 0 Å². The molecule has 2 heterocycles. The van der Waals surface area contributed by atoms with E-state index < -0.39 is 0 Å². The van der Waals surface area contributed by atoms with Crippen LogP contribution in [0.3, 0.4) is 0 Å². The minimum absolute atomic E-state index is 0.393. The van der Waals surface area contributed by atoms with Gasteiger partial charge in [-0.15, -0.1) is 5.10 Å². The number of hydrogen-bond donors (Lipinski definition) is 0. The molecule has 2 aromatic heterocycles. The van der Waals surface area contributed by atoms with E-state index >= 15 is 0 Å². The van der Waals surface area contributed by atoms with E-state index in [4.69, 9.17) is 0 Å². The number of fused-ring (bicyclic) bond motifs is 1. The fraction of sp³-hybridized carbons (Fsp3) is 0.545. The molecule has 15 heavy (non-hydrogen) atoms. The van der Waals surface area contributed by atoms with Crippen molar-refractivity contribution in [1.29, 1.82) is 0 Å². The molecule has 0 fully saturated rings. The minimum atomic E-state index is 0.393. The Balaban J connectivity index is 2.69. The molecule has 0 spiro atoms. The predicted octanol–water partition coefficient (Wildman–Crippen LogP) is 2.37. The Labute approximate surface area is 89.3 Å². The van der Waals surface area contributed by atoms with E-state index in [1.165, 1.54) is 0 Å². The second-order valence-corrected chi connectivity index (χ2v) is 4.42. The SMILES string of the molecule is CC(C)c1cn2nncc2c(C(C)C)n1. The van der Waals surface area contributed by atoms with Gasteiger partial charge in [0.25, 0.3) is 0 Å². The number of rotatable bonds is 2. The molecule has 4 heteroatoms. The first-order chi connectivity index (χ1) is 7.09. The van der Waals surface area contributed by atoms with Crippen LogP contribution in [-0.2, 0) is 0 Å². The molecule has 0 aliphatic heterocycles. The fourth-order valence-corrected chi connectivity index (χ4v) is 1.58. The summed E-state index contributed by atoms with van der Waals surface area (Å²) in [5.74, 6) is 0.806. The molecule has 0 saturated heterocycles. The Hall–Kier alpha value is -1.45. The summed E-state index contributed by atoms with van der Waals surface area (Å²) in [6, 6.07) is 0. The quantitative estimate of drug-likeness (QED) is 0.754. The minimum Gasteiger partial charge on any atom is -0.253 e. The Morgan fingerprint density at radius 3 is 2.47 bits per heavy atom. The van der Waals surface area contributed by atoms with E-state index in [2.05, 4.69) is 43.0 Å². The lowest BCUT2D eigenvalue weighted by molar-refractivity contribution is 0.733. The van der Waals surface area contributed by atoms with Gasteiger partial charge in [0.15, 0.2) is 0 Å². The van der Waals surface area contributed by atoms with Crippen LogP contribution in [-0.4, -0.2) is 19.8 Å². The summed E-state index contributed by atoms with van der Waals surface area (Å²) < 4.78 is 1.82. The normalized spacial score (nSPS) is 11.9. The highest BCUT2D eigenvalue weighted by atomic mass is 15.4. The largest absolute Gasteiger partial charge is 0.253 e. The summed E-state index contributed by atoms with van der Waals surface area (Å²) in [6.07, 6.45) is 3.73. The van der Waals surface area contributed by atoms with Crippen LogP contribution in [0.4, 0.5) is 0 Å². The average molecular weight is 204 g/mol. The molecule has 0 aliphatic rings. The molecule has 0 radical (unpaired) electrons. The van der Waals surface area contributed by atoms with Gasteiger partial charge in [0.1, 0.15) is 5.52 Å². The maximum atomic E-state index is 4.67. The molecule has 2 aromatic rings. The zero-order valence-corrected chi connectivity index (χ0v) is 9.60. The third-order valence-corrected chi connectivity index (χ3v) is 2.48. The van der Waals surface area contributed by atoms with E-state index in [1.807, 2.05) is 10.7 Å². The lowest BCUT2D eigenvalue weighted by Gasteiger charge is -2.11. The topological polar surface area (TPSA) is 43.1 Å². The molecule has 0 saturated carbocycles. The van der Waals surface area contributed by atoms with Gasteiger partial charge < -0.3 is 0 Å². The van der Waals surface area contributed by atoms with Gasteiger partial charge >= 0.3 is 0 Å². The number of aromatic nitrogens is 4. The highest BCUT2D eigenvalue weighted by Gasteiger charge is 2.12. The lowest BCUT2D eigenvalue weighted by atomic mass is 10.1. The highest BCUT2D eigenvalue weighted by molar-refractivity contribution is 5.50. The summed E-state index contributed by atoms with van der Waals surface area (Å²) in [4.78, 5) is 4.67. The second kappa shape index (κ2) is 3.61. The van der Waals surface area contributed by atoms with Gasteiger partial charge in [-0.2, -0.15) is 0 Å². The predicted molar refractivity (Wildman–Crippen MR) is 59.0 cm³/mol. The highest BCUT2D eigenvalue weighted by Crippen LogP contribution is 2.20. The van der Waals surface area contributed by atoms with Gasteiger partial charge in [0.05, 0.1) is 23.8 Å². The van der Waals surface area contributed by atoms with Crippen LogP contribution < -0.4 is 0 Å². The zero-order chi connectivity index (χ0) is 11.0. The molecule has 0 aliphatic carbocycles. The van der Waals surface area contributed by atoms with Gasteiger partial charge in [-0.05, 0) is 11.8 Å². The van der Waals surface area contributed by atoms with Crippen LogP contribution in [0.15, 0.2) is 12.4 Å². The van der Waals surface area contributed by atoms with Crippen LogP contribution >= 0.6 is 0 Å². The van der Waals surface area contributed by atoms with Gasteiger partial charge in [-0.25, -0.2) is 4.52 Å². The van der Waals surface area contributed by atoms with Crippen molar-refractivity contribution in [2.24, 2.45) is 0 Å². The van der Waals surface area contributed by atoms with Crippen molar-refractivity contribution in [3.8, 4) is 0 Å². The van der Waals surface area contributed by atoms with E-state index in [0.717, 1.165) is 16.9 Å². The van der Waals surface area contributed by atoms with E-state index in [9.17, 15) is 0 Å². The average Bonchev–Trinajstić information content (AvgIpc) is 2.62. The van der Waals surface area contributed by atoms with Crippen molar-refractivity contribution in [2.75, 3.05) is 0 Å². The molecule has 0 aromatic carbocycles. The summed E-state index contributed by atoms with van der Waals surface area (Å²) >= 11 is 0. The molecule has 0 N–H and O–H groups in total. The van der Waals surface area contributed by atoms with Crippen LogP contribution in [0, 0.1) is 0 Å². The van der Waals surface area contributed by atoms with Gasteiger partial charge in [0, 0.05) is 0 Å². The lowest BCUT2D eigenvalue weighted by Crippen LogP contribution is -2.04. The first kappa shape index (κ1) is 10.1. The summed E-state index contributed by atoms with van der Waals surface area (Å²) in [6.45, 7) is 8.54. The standard InChI is InChI=1S/C11H16N4/c1-7(2)9-6-15-10(5-12-14-15)11(13-9)8(3)4/h5-8H,1-4H3. The maximum absolute atomic E-state index is 4.67. The van der Waals surface area contributed by atoms with Crippen molar-refractivity contribution < 1.29 is 0 Å². The van der Waals surface area contributed by atoms with Crippen molar-refractivity contribution in [2.45, 2.75) is 39.5 Å². The van der Waals surface area contributed by atoms with Crippen molar-refractivity contribution in [3.05, 3.63) is 23.8 Å². The molecule has 4 nitrogen and oxygen atoms in total. The maximum Gasteiger partial charge on any atom is 0.108 e. The fourth-order valence-electron chi connectivity index (χ4n) is 1.58. The molecule has 0 amide bonds. The molecular formula is C11H16N4. The Morgan fingerprint density at radius 1 is 1.13 bits per heavy atom. The third kappa shape index (κ3) is 1.71. The Kier molecular flexibility index (Phi) is 2.42. The summed E-state index contributed by atoms with van der Waals surface area (Å²) in [5, 5.41) is 7.95. The molecule has 0 atom stereocenters. The third-order valence-electron chi connectivity index (χ3n) is 2.48. The molecule has 0 bridgehead atoms. The van der Waals surface area contributed by atoms with Crippen LogP contribution in [0.1, 0.15) is 50.9 Å². The van der Waals surface area contributed by atoms with Crippen molar-refractivity contribution in [1.82, 2.24) is 19.8 Å². The smallest absolute Gasteiger partial charge is 0.108 e. The van der Waals surface area contributed by atoms with Crippen LogP contribution in [0.2, 0.25) is 0 Å². The van der Waals surface area contributed by atoms with Crippen molar-refractivity contribution >= 4 is 5.52 Å². The van der Waals surface area contributed by atoms with Crippen LogP contribution in [0.25, 0.3) is 5.52 Å². The van der Waals surface area contributed by atoms with Gasteiger partial charge in [0.2, 0.25) is 0 Å². The molecule has 80 valence electrons. The number of hydrogen-bond acceptors (Lipinski definition) is 3. The molecular weight excluding hydrogens is 188 g/mol. The number of nitrogens with zero attached hydrogens (tertiary/aromatic N) is 4. The van der Waals surface area contributed by atoms with Gasteiger partial charge in [-0.1, -0.05) is 32.9 Å². The van der Waals surface area contributed by atoms with Crippen molar-refractivity contribution in [3.63, 3.8) is 0 Å². The van der Waals surface area contributed by atoms with E-state index in [-0.39, 0.29) is 0 Å². The monoisotopic (exact) mass is 204 g/mol. The Bertz CT molecular complexity index is 470. The molecule has 0 unspecified atom stereocenters. The summed E-state index contributed by atoms with van der Waals surface area (Å²) in [5.41, 5.74) is 3.15. The van der Waals surface area contributed by atoms with E-state index in [1.54, 1.807) is 6.20 Å². The first-order valence-corrected chi connectivity index (χ1v) is 5.30. The molecule has 2 rings (SSSR count). The second-order valence-electron chi connectivity index (χ2n) is 4.42. The summed E-state index contributed by atoms with van der Waals surface area (Å²) in [7, 11) is 0. The zero-order valence-electron chi connectivity index (χ0n) is 9.60.